The number of H-pyrrole nitrogens is 1. The Morgan fingerprint density at radius 1 is 1.08 bits per heavy atom. The molecule has 1 atom stereocenters. The predicted octanol–water partition coefficient (Wildman–Crippen LogP) is 3.92. The minimum Gasteiger partial charge on any atom is -0.295 e. The van der Waals surface area contributed by atoms with Crippen LogP contribution in [-0.2, 0) is 0 Å². The van der Waals surface area contributed by atoms with E-state index in [9.17, 15) is 9.18 Å². The third-order valence-electron chi connectivity index (χ3n) is 4.46. The number of anilines is 1. The molecule has 1 aliphatic rings. The van der Waals surface area contributed by atoms with Gasteiger partial charge in [0.05, 0.1) is 6.04 Å². The molecule has 0 unspecified atom stereocenters. The number of carbonyl (C=O) groups excluding carboxylic acids is 1. The van der Waals surface area contributed by atoms with Gasteiger partial charge in [0.15, 0.2) is 5.69 Å². The van der Waals surface area contributed by atoms with Gasteiger partial charge in [0, 0.05) is 22.5 Å². The molecule has 4 nitrogen and oxygen atoms in total. The number of aromatic nitrogens is 2. The molecule has 1 aliphatic heterocycles. The van der Waals surface area contributed by atoms with Gasteiger partial charge in [-0.25, -0.2) is 4.39 Å². The molecule has 1 N–H and O–H groups in total. The van der Waals surface area contributed by atoms with Crippen molar-refractivity contribution >= 4 is 11.6 Å². The highest BCUT2D eigenvalue weighted by Gasteiger charge is 2.43. The number of amides is 1. The molecule has 0 radical (unpaired) electrons. The number of nitrogens with one attached hydrogen (secondary N) is 1. The summed E-state index contributed by atoms with van der Waals surface area (Å²) in [5.41, 5.74) is 4.18. The van der Waals surface area contributed by atoms with Crippen LogP contribution >= 0.6 is 0 Å². The van der Waals surface area contributed by atoms with Gasteiger partial charge in [-0.1, -0.05) is 35.9 Å². The van der Waals surface area contributed by atoms with Gasteiger partial charge >= 0.3 is 0 Å². The lowest BCUT2D eigenvalue weighted by molar-refractivity contribution is 0.0988. The molecule has 2 aromatic carbocycles. The van der Waals surface area contributed by atoms with Crippen LogP contribution < -0.4 is 4.90 Å². The Morgan fingerprint density at radius 2 is 1.79 bits per heavy atom. The van der Waals surface area contributed by atoms with Crippen LogP contribution in [0.15, 0.2) is 48.5 Å². The van der Waals surface area contributed by atoms with E-state index < -0.39 is 6.04 Å². The van der Waals surface area contributed by atoms with Gasteiger partial charge in [-0.3, -0.25) is 14.8 Å². The second-order valence-corrected chi connectivity index (χ2v) is 6.05. The SMILES string of the molecule is Cc1ccc(N2C(=O)c3n[nH]c(C)c3[C@H]2c2ccccc2F)cc1. The largest absolute Gasteiger partial charge is 0.295 e. The van der Waals surface area contributed by atoms with Crippen LogP contribution in [0.25, 0.3) is 0 Å². The Kier molecular flexibility index (Phi) is 3.23. The quantitative estimate of drug-likeness (QED) is 0.778. The summed E-state index contributed by atoms with van der Waals surface area (Å²) in [5.74, 6) is -0.549. The van der Waals surface area contributed by atoms with Crippen molar-refractivity contribution in [1.29, 1.82) is 0 Å². The number of aryl methyl sites for hydroxylation is 2. The minimum absolute atomic E-state index is 0.216. The van der Waals surface area contributed by atoms with Crippen LogP contribution in [0.5, 0.6) is 0 Å². The molecule has 0 saturated heterocycles. The number of fused-ring (bicyclic) bond motifs is 1. The first-order valence-corrected chi connectivity index (χ1v) is 7.77. The summed E-state index contributed by atoms with van der Waals surface area (Å²) >= 11 is 0. The minimum atomic E-state index is -0.518. The highest BCUT2D eigenvalue weighted by molar-refractivity contribution is 6.10. The summed E-state index contributed by atoms with van der Waals surface area (Å²) in [7, 11) is 0. The number of benzene rings is 2. The lowest BCUT2D eigenvalue weighted by atomic mass is 9.98. The van der Waals surface area contributed by atoms with Crippen LogP contribution in [0.1, 0.15) is 38.9 Å². The number of aromatic amines is 1. The van der Waals surface area contributed by atoms with Crippen molar-refractivity contribution in [2.75, 3.05) is 4.90 Å². The van der Waals surface area contributed by atoms with Gasteiger partial charge in [-0.15, -0.1) is 0 Å². The van der Waals surface area contributed by atoms with Crippen LogP contribution in [0.4, 0.5) is 10.1 Å². The summed E-state index contributed by atoms with van der Waals surface area (Å²) in [6, 6.07) is 13.7. The average molecular weight is 321 g/mol. The van der Waals surface area contributed by atoms with Crippen molar-refractivity contribution in [3.8, 4) is 0 Å². The molecule has 1 aromatic heterocycles. The van der Waals surface area contributed by atoms with E-state index in [2.05, 4.69) is 10.2 Å². The highest BCUT2D eigenvalue weighted by atomic mass is 19.1. The van der Waals surface area contributed by atoms with Crippen LogP contribution in [0, 0.1) is 19.7 Å². The molecule has 24 heavy (non-hydrogen) atoms. The van der Waals surface area contributed by atoms with Crippen LogP contribution in [0.2, 0.25) is 0 Å². The molecule has 0 aliphatic carbocycles. The molecular weight excluding hydrogens is 305 g/mol. The summed E-state index contributed by atoms with van der Waals surface area (Å²) < 4.78 is 14.5. The fourth-order valence-corrected chi connectivity index (χ4v) is 3.26. The Morgan fingerprint density at radius 3 is 2.50 bits per heavy atom. The molecule has 0 saturated carbocycles. The van der Waals surface area contributed by atoms with Gasteiger partial charge in [0.25, 0.3) is 5.91 Å². The maximum Gasteiger partial charge on any atom is 0.280 e. The molecule has 3 aromatic rings. The Labute approximate surface area is 138 Å². The number of rotatable bonds is 2. The Balaban J connectivity index is 1.94. The smallest absolute Gasteiger partial charge is 0.280 e. The molecule has 0 fully saturated rings. The third-order valence-corrected chi connectivity index (χ3v) is 4.46. The fraction of sp³-hybridized carbons (Fsp3) is 0.158. The van der Waals surface area contributed by atoms with Crippen molar-refractivity contribution in [3.05, 3.63) is 82.4 Å². The molecule has 1 amide bonds. The zero-order valence-corrected chi connectivity index (χ0v) is 13.4. The Hall–Kier alpha value is -2.95. The molecule has 120 valence electrons. The van der Waals surface area contributed by atoms with Crippen molar-refractivity contribution < 1.29 is 9.18 Å². The molecular formula is C19H16FN3O. The van der Waals surface area contributed by atoms with E-state index in [0.717, 1.165) is 22.5 Å². The molecule has 0 spiro atoms. The summed E-state index contributed by atoms with van der Waals surface area (Å²) in [5, 5.41) is 6.99. The van der Waals surface area contributed by atoms with Crippen molar-refractivity contribution in [2.45, 2.75) is 19.9 Å². The highest BCUT2D eigenvalue weighted by Crippen LogP contribution is 2.42. The lowest BCUT2D eigenvalue weighted by Crippen LogP contribution is -2.29. The van der Waals surface area contributed by atoms with E-state index in [1.807, 2.05) is 38.1 Å². The first kappa shape index (κ1) is 14.6. The predicted molar refractivity (Wildman–Crippen MR) is 89.6 cm³/mol. The van der Waals surface area contributed by atoms with Gasteiger partial charge in [0.1, 0.15) is 5.82 Å². The third kappa shape index (κ3) is 2.05. The van der Waals surface area contributed by atoms with E-state index in [-0.39, 0.29) is 11.7 Å². The van der Waals surface area contributed by atoms with E-state index in [0.29, 0.717) is 11.3 Å². The number of nitrogens with zero attached hydrogens (tertiary/aromatic N) is 2. The van der Waals surface area contributed by atoms with Crippen LogP contribution in [0.3, 0.4) is 0 Å². The summed E-state index contributed by atoms with van der Waals surface area (Å²) in [6.45, 7) is 3.84. The first-order valence-electron chi connectivity index (χ1n) is 7.77. The van der Waals surface area contributed by atoms with Gasteiger partial charge in [-0.2, -0.15) is 5.10 Å². The standard InChI is InChI=1S/C19H16FN3O/c1-11-7-9-13(10-8-11)23-18(14-5-3-4-6-15(14)20)16-12(2)21-22-17(16)19(23)24/h3-10,18H,1-2H3,(H,21,22)/t18-/m1/s1. The summed E-state index contributed by atoms with van der Waals surface area (Å²) in [4.78, 5) is 14.5. The van der Waals surface area contributed by atoms with Gasteiger partial charge in [-0.05, 0) is 32.0 Å². The van der Waals surface area contributed by atoms with Crippen molar-refractivity contribution in [3.63, 3.8) is 0 Å². The van der Waals surface area contributed by atoms with Crippen molar-refractivity contribution in [1.82, 2.24) is 10.2 Å². The van der Waals surface area contributed by atoms with Crippen LogP contribution in [-0.4, -0.2) is 16.1 Å². The second kappa shape index (κ2) is 5.30. The fourth-order valence-electron chi connectivity index (χ4n) is 3.26. The maximum atomic E-state index is 14.5. The zero-order valence-electron chi connectivity index (χ0n) is 13.4. The number of carbonyl (C=O) groups is 1. The number of hydrogen-bond acceptors (Lipinski definition) is 2. The van der Waals surface area contributed by atoms with Gasteiger partial charge < -0.3 is 0 Å². The normalized spacial score (nSPS) is 16.5. The number of halogens is 1. The maximum absolute atomic E-state index is 14.5. The average Bonchev–Trinajstić information content (AvgIpc) is 3.08. The first-order chi connectivity index (χ1) is 11.6. The molecule has 0 bridgehead atoms. The van der Waals surface area contributed by atoms with E-state index in [4.69, 9.17) is 0 Å². The monoisotopic (exact) mass is 321 g/mol. The second-order valence-electron chi connectivity index (χ2n) is 6.05. The summed E-state index contributed by atoms with van der Waals surface area (Å²) in [6.07, 6.45) is 0. The van der Waals surface area contributed by atoms with E-state index in [1.165, 1.54) is 6.07 Å². The molecule has 2 heterocycles. The van der Waals surface area contributed by atoms with Gasteiger partial charge in [0.2, 0.25) is 0 Å². The molecule has 4 rings (SSSR count). The van der Waals surface area contributed by atoms with E-state index >= 15 is 0 Å². The molecule has 5 heteroatoms. The Bertz CT molecular complexity index is 930. The lowest BCUT2D eigenvalue weighted by Gasteiger charge is -2.26. The van der Waals surface area contributed by atoms with E-state index in [1.54, 1.807) is 23.1 Å². The topological polar surface area (TPSA) is 49.0 Å². The number of hydrogen-bond donors (Lipinski definition) is 1. The van der Waals surface area contributed by atoms with Crippen molar-refractivity contribution in [2.24, 2.45) is 0 Å². The zero-order chi connectivity index (χ0) is 16.8.